The Bertz CT molecular complexity index is 720. The summed E-state index contributed by atoms with van der Waals surface area (Å²) in [5, 5.41) is 5.51. The fourth-order valence-corrected chi connectivity index (χ4v) is 2.51. The molecule has 0 aromatic heterocycles. The lowest BCUT2D eigenvalue weighted by Gasteiger charge is -2.27. The third-order valence-corrected chi connectivity index (χ3v) is 4.07. The maximum absolute atomic E-state index is 12.7. The molecule has 0 aliphatic carbocycles. The number of anilines is 1. The lowest BCUT2D eigenvalue weighted by atomic mass is 10.0. The number of likely N-dealkylation sites (N-methyl/N-ethyl adjacent to an activating group) is 1. The topological polar surface area (TPSA) is 70.7 Å². The van der Waals surface area contributed by atoms with Gasteiger partial charge in [-0.15, -0.1) is 0 Å². The van der Waals surface area contributed by atoms with Crippen LogP contribution in [0.25, 0.3) is 0 Å². The molecule has 0 radical (unpaired) electrons. The number of hydrogen-bond donors (Lipinski definition) is 2. The molecule has 2 rings (SSSR count). The van der Waals surface area contributed by atoms with Crippen molar-refractivity contribution >= 4 is 17.6 Å². The van der Waals surface area contributed by atoms with Gasteiger partial charge in [-0.1, -0.05) is 50.2 Å². The van der Waals surface area contributed by atoms with Gasteiger partial charge in [0, 0.05) is 12.7 Å². The van der Waals surface area contributed by atoms with E-state index in [4.69, 9.17) is 4.74 Å². The van der Waals surface area contributed by atoms with Gasteiger partial charge in [-0.3, -0.25) is 4.79 Å². The van der Waals surface area contributed by atoms with E-state index in [1.54, 1.807) is 24.1 Å². The van der Waals surface area contributed by atoms with Crippen LogP contribution >= 0.6 is 0 Å². The first kappa shape index (κ1) is 20.3. The Morgan fingerprint density at radius 2 is 1.59 bits per heavy atom. The molecule has 27 heavy (non-hydrogen) atoms. The largest absolute Gasteiger partial charge is 0.492 e. The van der Waals surface area contributed by atoms with E-state index in [0.717, 1.165) is 5.75 Å². The van der Waals surface area contributed by atoms with E-state index in [1.165, 1.54) is 0 Å². The number of ether oxygens (including phenoxy) is 1. The van der Waals surface area contributed by atoms with Crippen molar-refractivity contribution < 1.29 is 14.3 Å². The van der Waals surface area contributed by atoms with Crippen molar-refractivity contribution in [2.45, 2.75) is 19.9 Å². The molecular weight excluding hydrogens is 342 g/mol. The number of amides is 3. The Morgan fingerprint density at radius 3 is 2.19 bits per heavy atom. The molecule has 1 atom stereocenters. The third-order valence-electron chi connectivity index (χ3n) is 4.07. The molecule has 0 saturated carbocycles. The first-order chi connectivity index (χ1) is 13.0. The van der Waals surface area contributed by atoms with Gasteiger partial charge in [0.05, 0.1) is 6.54 Å². The maximum Gasteiger partial charge on any atom is 0.319 e. The minimum Gasteiger partial charge on any atom is -0.492 e. The zero-order valence-corrected chi connectivity index (χ0v) is 16.0. The highest BCUT2D eigenvalue weighted by atomic mass is 16.5. The quantitative estimate of drug-likeness (QED) is 0.749. The molecule has 0 saturated heterocycles. The average Bonchev–Trinajstić information content (AvgIpc) is 2.67. The molecule has 6 heteroatoms. The van der Waals surface area contributed by atoms with Crippen molar-refractivity contribution in [3.8, 4) is 5.75 Å². The summed E-state index contributed by atoms with van der Waals surface area (Å²) in [7, 11) is 1.71. The summed E-state index contributed by atoms with van der Waals surface area (Å²) in [4.78, 5) is 26.6. The van der Waals surface area contributed by atoms with Gasteiger partial charge in [-0.25, -0.2) is 4.79 Å². The van der Waals surface area contributed by atoms with Gasteiger partial charge in [-0.2, -0.15) is 0 Å². The molecule has 0 fully saturated rings. The molecule has 6 nitrogen and oxygen atoms in total. The number of benzene rings is 2. The highest BCUT2D eigenvalue weighted by Crippen LogP contribution is 2.10. The summed E-state index contributed by atoms with van der Waals surface area (Å²) in [5.41, 5.74) is 0.676. The summed E-state index contributed by atoms with van der Waals surface area (Å²) in [6.45, 7) is 4.62. The molecule has 0 aliphatic rings. The smallest absolute Gasteiger partial charge is 0.319 e. The number of para-hydroxylation sites is 2. The number of nitrogens with zero attached hydrogens (tertiary/aromatic N) is 1. The SMILES string of the molecule is CC(C)C(NC(=O)Nc1ccccc1)C(=O)N(C)CCOc1ccccc1. The second-order valence-electron chi connectivity index (χ2n) is 6.61. The predicted molar refractivity (Wildman–Crippen MR) is 107 cm³/mol. The summed E-state index contributed by atoms with van der Waals surface area (Å²) in [5.74, 6) is 0.570. The van der Waals surface area contributed by atoms with Crippen LogP contribution in [0, 0.1) is 5.92 Å². The second kappa shape index (κ2) is 10.2. The van der Waals surface area contributed by atoms with E-state index in [2.05, 4.69) is 10.6 Å². The lowest BCUT2D eigenvalue weighted by Crippen LogP contribution is -2.51. The molecule has 3 amide bonds. The van der Waals surface area contributed by atoms with Gasteiger partial charge in [0.2, 0.25) is 5.91 Å². The number of carbonyl (C=O) groups excluding carboxylic acids is 2. The van der Waals surface area contributed by atoms with Crippen molar-refractivity contribution in [3.05, 3.63) is 60.7 Å². The van der Waals surface area contributed by atoms with Gasteiger partial charge in [0.1, 0.15) is 18.4 Å². The summed E-state index contributed by atoms with van der Waals surface area (Å²) >= 11 is 0. The number of hydrogen-bond acceptors (Lipinski definition) is 3. The molecule has 2 aromatic rings. The van der Waals surface area contributed by atoms with Crippen LogP contribution < -0.4 is 15.4 Å². The van der Waals surface area contributed by atoms with Crippen LogP contribution in [0.4, 0.5) is 10.5 Å². The van der Waals surface area contributed by atoms with Gasteiger partial charge in [0.15, 0.2) is 0 Å². The minimum absolute atomic E-state index is 0.0449. The molecule has 0 aliphatic heterocycles. The van der Waals surface area contributed by atoms with Gasteiger partial charge >= 0.3 is 6.03 Å². The van der Waals surface area contributed by atoms with Crippen LogP contribution in [0.15, 0.2) is 60.7 Å². The molecule has 2 aromatic carbocycles. The van der Waals surface area contributed by atoms with E-state index >= 15 is 0 Å². The number of carbonyl (C=O) groups is 2. The van der Waals surface area contributed by atoms with E-state index in [0.29, 0.717) is 18.8 Å². The molecule has 2 N–H and O–H groups in total. The molecule has 144 valence electrons. The highest BCUT2D eigenvalue weighted by Gasteiger charge is 2.27. The minimum atomic E-state index is -0.615. The van der Waals surface area contributed by atoms with E-state index in [-0.39, 0.29) is 11.8 Å². The molecule has 1 unspecified atom stereocenters. The Labute approximate surface area is 160 Å². The van der Waals surface area contributed by atoms with E-state index in [1.807, 2.05) is 62.4 Å². The van der Waals surface area contributed by atoms with Gasteiger partial charge in [-0.05, 0) is 30.2 Å². The fourth-order valence-electron chi connectivity index (χ4n) is 2.51. The van der Waals surface area contributed by atoms with Gasteiger partial charge < -0.3 is 20.3 Å². The van der Waals surface area contributed by atoms with Crippen molar-refractivity contribution in [3.63, 3.8) is 0 Å². The van der Waals surface area contributed by atoms with E-state index in [9.17, 15) is 9.59 Å². The van der Waals surface area contributed by atoms with Crippen LogP contribution in [0.2, 0.25) is 0 Å². The average molecular weight is 369 g/mol. The lowest BCUT2D eigenvalue weighted by molar-refractivity contribution is -0.133. The standard InChI is InChI=1S/C21H27N3O3/c1-16(2)19(23-21(26)22-17-10-6-4-7-11-17)20(25)24(3)14-15-27-18-12-8-5-9-13-18/h4-13,16,19H,14-15H2,1-3H3,(H2,22,23,26). The van der Waals surface area contributed by atoms with Crippen LogP contribution in [0.3, 0.4) is 0 Å². The fraction of sp³-hybridized carbons (Fsp3) is 0.333. The Balaban J connectivity index is 1.86. The first-order valence-electron chi connectivity index (χ1n) is 9.02. The third kappa shape index (κ3) is 6.66. The second-order valence-corrected chi connectivity index (χ2v) is 6.61. The highest BCUT2D eigenvalue weighted by molar-refractivity contribution is 5.93. The predicted octanol–water partition coefficient (Wildman–Crippen LogP) is 3.37. The maximum atomic E-state index is 12.7. The number of urea groups is 1. The normalized spacial score (nSPS) is 11.6. The van der Waals surface area contributed by atoms with Crippen molar-refractivity contribution in [2.24, 2.45) is 5.92 Å². The van der Waals surface area contributed by atoms with Crippen LogP contribution in [0.5, 0.6) is 5.75 Å². The summed E-state index contributed by atoms with van der Waals surface area (Å²) in [6.07, 6.45) is 0. The molecular formula is C21H27N3O3. The molecule has 0 heterocycles. The first-order valence-corrected chi connectivity index (χ1v) is 9.02. The van der Waals surface area contributed by atoms with Crippen molar-refractivity contribution in [1.29, 1.82) is 0 Å². The summed E-state index contributed by atoms with van der Waals surface area (Å²) in [6, 6.07) is 17.6. The van der Waals surface area contributed by atoms with Crippen LogP contribution in [-0.4, -0.2) is 43.1 Å². The van der Waals surface area contributed by atoms with E-state index < -0.39 is 12.1 Å². The molecule has 0 spiro atoms. The zero-order chi connectivity index (χ0) is 19.6. The zero-order valence-electron chi connectivity index (χ0n) is 16.0. The summed E-state index contributed by atoms with van der Waals surface area (Å²) < 4.78 is 5.63. The monoisotopic (exact) mass is 369 g/mol. The molecule has 0 bridgehead atoms. The van der Waals surface area contributed by atoms with Gasteiger partial charge in [0.25, 0.3) is 0 Å². The van der Waals surface area contributed by atoms with Crippen LogP contribution in [0.1, 0.15) is 13.8 Å². The Morgan fingerprint density at radius 1 is 1.00 bits per heavy atom. The van der Waals surface area contributed by atoms with Crippen molar-refractivity contribution in [2.75, 3.05) is 25.5 Å². The van der Waals surface area contributed by atoms with Crippen LogP contribution in [-0.2, 0) is 4.79 Å². The Kier molecular flexibility index (Phi) is 7.67. The number of rotatable bonds is 8. The van der Waals surface area contributed by atoms with Crippen molar-refractivity contribution in [1.82, 2.24) is 10.2 Å². The number of nitrogens with one attached hydrogen (secondary N) is 2. The Hall–Kier alpha value is -3.02.